The van der Waals surface area contributed by atoms with Gasteiger partial charge in [-0.2, -0.15) is 0 Å². The van der Waals surface area contributed by atoms with Crippen LogP contribution in [0.4, 0.5) is 0 Å². The Hall–Kier alpha value is -0.540. The van der Waals surface area contributed by atoms with E-state index in [1.54, 1.807) is 0 Å². The SMILES string of the molecule is C=C(CC)CC(NN)c1c(Cl)cccc1Cl. The minimum absolute atomic E-state index is 0.0892. The van der Waals surface area contributed by atoms with Crippen LogP contribution in [-0.4, -0.2) is 0 Å². The zero-order chi connectivity index (χ0) is 12.1. The topological polar surface area (TPSA) is 38.0 Å². The highest BCUT2D eigenvalue weighted by molar-refractivity contribution is 6.36. The molecule has 1 rings (SSSR count). The second-order valence-electron chi connectivity index (χ2n) is 3.66. The zero-order valence-electron chi connectivity index (χ0n) is 9.26. The molecule has 0 fully saturated rings. The molecule has 1 unspecified atom stereocenters. The summed E-state index contributed by atoms with van der Waals surface area (Å²) in [6, 6.07) is 5.34. The Morgan fingerprint density at radius 3 is 2.44 bits per heavy atom. The molecular formula is C12H16Cl2N2. The Labute approximate surface area is 106 Å². The molecule has 1 aromatic rings. The predicted octanol–water partition coefficient (Wildman–Crippen LogP) is 3.85. The molecule has 0 spiro atoms. The average Bonchev–Trinajstić information content (AvgIpc) is 2.27. The van der Waals surface area contributed by atoms with Gasteiger partial charge in [0, 0.05) is 15.6 Å². The summed E-state index contributed by atoms with van der Waals surface area (Å²) in [6.45, 7) is 6.02. The highest BCUT2D eigenvalue weighted by Gasteiger charge is 2.17. The van der Waals surface area contributed by atoms with Crippen molar-refractivity contribution in [2.45, 2.75) is 25.8 Å². The molecule has 0 saturated heterocycles. The molecule has 0 bridgehead atoms. The Balaban J connectivity index is 2.99. The van der Waals surface area contributed by atoms with Crippen LogP contribution in [0.25, 0.3) is 0 Å². The quantitative estimate of drug-likeness (QED) is 0.478. The molecule has 2 nitrogen and oxygen atoms in total. The van der Waals surface area contributed by atoms with Crippen molar-refractivity contribution in [1.82, 2.24) is 5.43 Å². The maximum atomic E-state index is 6.12. The monoisotopic (exact) mass is 258 g/mol. The van der Waals surface area contributed by atoms with Crippen molar-refractivity contribution < 1.29 is 0 Å². The van der Waals surface area contributed by atoms with Crippen LogP contribution in [0.2, 0.25) is 10.0 Å². The Bertz CT molecular complexity index is 357. The number of nitrogens with two attached hydrogens (primary N) is 1. The van der Waals surface area contributed by atoms with Crippen LogP contribution >= 0.6 is 23.2 Å². The number of halogens is 2. The number of hydrogen-bond acceptors (Lipinski definition) is 2. The first kappa shape index (κ1) is 13.5. The molecule has 0 heterocycles. The van der Waals surface area contributed by atoms with Gasteiger partial charge in [0.05, 0.1) is 6.04 Å². The first-order chi connectivity index (χ1) is 7.60. The van der Waals surface area contributed by atoms with E-state index >= 15 is 0 Å². The van der Waals surface area contributed by atoms with Gasteiger partial charge in [-0.3, -0.25) is 11.3 Å². The third-order valence-corrected chi connectivity index (χ3v) is 3.20. The van der Waals surface area contributed by atoms with Gasteiger partial charge in [0.1, 0.15) is 0 Å². The van der Waals surface area contributed by atoms with Gasteiger partial charge in [-0.15, -0.1) is 0 Å². The molecule has 1 atom stereocenters. The normalized spacial score (nSPS) is 12.5. The van der Waals surface area contributed by atoms with E-state index in [0.29, 0.717) is 10.0 Å². The summed E-state index contributed by atoms with van der Waals surface area (Å²) in [7, 11) is 0. The Morgan fingerprint density at radius 1 is 1.44 bits per heavy atom. The number of hydrazine groups is 1. The van der Waals surface area contributed by atoms with Crippen LogP contribution in [-0.2, 0) is 0 Å². The molecule has 88 valence electrons. The molecule has 0 aliphatic carbocycles. The highest BCUT2D eigenvalue weighted by Crippen LogP contribution is 2.33. The van der Waals surface area contributed by atoms with Crippen LogP contribution in [0, 0.1) is 0 Å². The van der Waals surface area contributed by atoms with E-state index in [4.69, 9.17) is 29.0 Å². The van der Waals surface area contributed by atoms with Crippen molar-refractivity contribution in [3.63, 3.8) is 0 Å². The first-order valence-electron chi connectivity index (χ1n) is 5.16. The van der Waals surface area contributed by atoms with Gasteiger partial charge >= 0.3 is 0 Å². The molecule has 0 aliphatic rings. The van der Waals surface area contributed by atoms with Gasteiger partial charge in [0.2, 0.25) is 0 Å². The molecular weight excluding hydrogens is 243 g/mol. The highest BCUT2D eigenvalue weighted by atomic mass is 35.5. The molecule has 16 heavy (non-hydrogen) atoms. The summed E-state index contributed by atoms with van der Waals surface area (Å²) in [5.74, 6) is 5.54. The lowest BCUT2D eigenvalue weighted by Gasteiger charge is -2.19. The van der Waals surface area contributed by atoms with Gasteiger partial charge in [-0.1, -0.05) is 48.3 Å². The maximum absolute atomic E-state index is 6.12. The van der Waals surface area contributed by atoms with E-state index in [1.807, 2.05) is 18.2 Å². The zero-order valence-corrected chi connectivity index (χ0v) is 10.8. The molecule has 1 aromatic carbocycles. The number of nitrogens with one attached hydrogen (secondary N) is 1. The second-order valence-corrected chi connectivity index (χ2v) is 4.48. The Kier molecular flexibility index (Phi) is 5.29. The minimum atomic E-state index is -0.0892. The van der Waals surface area contributed by atoms with E-state index in [2.05, 4.69) is 18.9 Å². The fourth-order valence-corrected chi connectivity index (χ4v) is 2.18. The largest absolute Gasteiger partial charge is 0.271 e. The molecule has 4 heteroatoms. The average molecular weight is 259 g/mol. The predicted molar refractivity (Wildman–Crippen MR) is 70.6 cm³/mol. The van der Waals surface area contributed by atoms with Crippen LogP contribution in [0.3, 0.4) is 0 Å². The molecule has 0 aliphatic heterocycles. The van der Waals surface area contributed by atoms with Crippen molar-refractivity contribution in [1.29, 1.82) is 0 Å². The minimum Gasteiger partial charge on any atom is -0.271 e. The van der Waals surface area contributed by atoms with Crippen LogP contribution < -0.4 is 11.3 Å². The number of benzene rings is 1. The van der Waals surface area contributed by atoms with Crippen molar-refractivity contribution in [3.8, 4) is 0 Å². The summed E-state index contributed by atoms with van der Waals surface area (Å²) >= 11 is 12.2. The second kappa shape index (κ2) is 6.26. The molecule has 0 saturated carbocycles. The molecule has 0 radical (unpaired) electrons. The maximum Gasteiger partial charge on any atom is 0.0526 e. The lowest BCUT2D eigenvalue weighted by molar-refractivity contribution is 0.545. The number of rotatable bonds is 5. The Morgan fingerprint density at radius 2 is 2.00 bits per heavy atom. The smallest absolute Gasteiger partial charge is 0.0526 e. The third-order valence-electron chi connectivity index (χ3n) is 2.54. The van der Waals surface area contributed by atoms with Gasteiger partial charge in [0.25, 0.3) is 0 Å². The van der Waals surface area contributed by atoms with Gasteiger partial charge < -0.3 is 0 Å². The van der Waals surface area contributed by atoms with Crippen LogP contribution in [0.1, 0.15) is 31.4 Å². The summed E-state index contributed by atoms with van der Waals surface area (Å²) < 4.78 is 0. The fourth-order valence-electron chi connectivity index (χ4n) is 1.52. The summed E-state index contributed by atoms with van der Waals surface area (Å²) in [5, 5.41) is 1.25. The van der Waals surface area contributed by atoms with Gasteiger partial charge in [0.15, 0.2) is 0 Å². The standard InChI is InChI=1S/C12H16Cl2N2/c1-3-8(2)7-11(16-15)12-9(13)5-4-6-10(12)14/h4-6,11,16H,2-3,7,15H2,1H3. The summed E-state index contributed by atoms with van der Waals surface area (Å²) in [4.78, 5) is 0. The van der Waals surface area contributed by atoms with E-state index in [1.165, 1.54) is 0 Å². The van der Waals surface area contributed by atoms with Crippen molar-refractivity contribution >= 4 is 23.2 Å². The van der Waals surface area contributed by atoms with Crippen LogP contribution in [0.15, 0.2) is 30.4 Å². The molecule has 0 amide bonds. The first-order valence-corrected chi connectivity index (χ1v) is 5.92. The van der Waals surface area contributed by atoms with Gasteiger partial charge in [-0.25, -0.2) is 0 Å². The van der Waals surface area contributed by atoms with Crippen LogP contribution in [0.5, 0.6) is 0 Å². The third kappa shape index (κ3) is 3.22. The summed E-state index contributed by atoms with van der Waals surface area (Å²) in [5.41, 5.74) is 4.68. The van der Waals surface area contributed by atoms with Crippen molar-refractivity contribution in [2.24, 2.45) is 5.84 Å². The van der Waals surface area contributed by atoms with Crippen molar-refractivity contribution in [2.75, 3.05) is 0 Å². The molecule has 3 N–H and O–H groups in total. The van der Waals surface area contributed by atoms with Crippen molar-refractivity contribution in [3.05, 3.63) is 46.0 Å². The number of hydrogen-bond donors (Lipinski definition) is 2. The fraction of sp³-hybridized carbons (Fsp3) is 0.333. The van der Waals surface area contributed by atoms with E-state index in [9.17, 15) is 0 Å². The summed E-state index contributed by atoms with van der Waals surface area (Å²) in [6.07, 6.45) is 1.65. The lowest BCUT2D eigenvalue weighted by atomic mass is 9.99. The lowest BCUT2D eigenvalue weighted by Crippen LogP contribution is -2.28. The van der Waals surface area contributed by atoms with E-state index < -0.39 is 0 Å². The van der Waals surface area contributed by atoms with E-state index in [0.717, 1.165) is 24.0 Å². The molecule has 0 aromatic heterocycles. The van der Waals surface area contributed by atoms with Gasteiger partial charge in [-0.05, 0) is 25.0 Å². The van der Waals surface area contributed by atoms with E-state index in [-0.39, 0.29) is 6.04 Å².